The molecule has 2 N–H and O–H groups in total. The van der Waals surface area contributed by atoms with Crippen molar-refractivity contribution in [2.24, 2.45) is 0 Å². The van der Waals surface area contributed by atoms with Crippen molar-refractivity contribution in [1.29, 1.82) is 0 Å². The number of sulfonamides is 2. The van der Waals surface area contributed by atoms with Gasteiger partial charge in [-0.05, 0) is 43.2 Å². The zero-order valence-corrected chi connectivity index (χ0v) is 16.3. The molecule has 150 valence electrons. The summed E-state index contributed by atoms with van der Waals surface area (Å²) in [5.41, 5.74) is -0.312. The molecule has 1 aliphatic carbocycles. The molecule has 12 heteroatoms. The van der Waals surface area contributed by atoms with Gasteiger partial charge in [-0.3, -0.25) is 14.8 Å². The normalized spacial score (nSPS) is 14.5. The van der Waals surface area contributed by atoms with E-state index in [0.29, 0.717) is 0 Å². The van der Waals surface area contributed by atoms with Crippen molar-refractivity contribution >= 4 is 31.4 Å². The summed E-state index contributed by atoms with van der Waals surface area (Å²) in [7, 11) is -6.63. The Bertz CT molecular complexity index is 1110. The van der Waals surface area contributed by atoms with Crippen LogP contribution in [0.25, 0.3) is 0 Å². The summed E-state index contributed by atoms with van der Waals surface area (Å²) < 4.78 is 59.4. The van der Waals surface area contributed by atoms with Crippen molar-refractivity contribution < 1.29 is 26.5 Å². The highest BCUT2D eigenvalue weighted by molar-refractivity contribution is 7.92. The van der Waals surface area contributed by atoms with Gasteiger partial charge in [0.05, 0.1) is 16.9 Å². The lowest BCUT2D eigenvalue weighted by Gasteiger charge is -2.12. The molecule has 3 rings (SSSR count). The molecule has 28 heavy (non-hydrogen) atoms. The van der Waals surface area contributed by atoms with Crippen LogP contribution < -0.4 is 14.2 Å². The van der Waals surface area contributed by atoms with Gasteiger partial charge in [-0.25, -0.2) is 21.6 Å². The van der Waals surface area contributed by atoms with Crippen LogP contribution in [0, 0.1) is 10.1 Å². The number of rotatable bonds is 8. The van der Waals surface area contributed by atoms with E-state index < -0.39 is 35.6 Å². The fraction of sp³-hybridized carbons (Fsp3) is 0.250. The lowest BCUT2D eigenvalue weighted by Crippen LogP contribution is -2.25. The Morgan fingerprint density at radius 1 is 1.04 bits per heavy atom. The molecule has 0 atom stereocenters. The largest absolute Gasteiger partial charge is 0.495 e. The fourth-order valence-corrected chi connectivity index (χ4v) is 4.94. The Kier molecular flexibility index (Phi) is 5.28. The molecule has 0 heterocycles. The van der Waals surface area contributed by atoms with Crippen molar-refractivity contribution in [3.63, 3.8) is 0 Å². The standard InChI is InChI=1S/C16H17N3O7S2/c1-26-15-9-6-13(19(20)21)10-16(15)28(24,25)18-12-4-7-14(8-5-12)27(22,23)17-11-2-3-11/h4-11,17-18H,2-3H2,1H3. The number of methoxy groups -OCH3 is 1. The third-order valence-electron chi connectivity index (χ3n) is 3.96. The van der Waals surface area contributed by atoms with Gasteiger partial charge >= 0.3 is 0 Å². The number of ether oxygens (including phenoxy) is 1. The number of nitrogens with zero attached hydrogens (tertiary/aromatic N) is 1. The van der Waals surface area contributed by atoms with Gasteiger partial charge in [0.1, 0.15) is 10.6 Å². The van der Waals surface area contributed by atoms with E-state index in [9.17, 15) is 26.9 Å². The van der Waals surface area contributed by atoms with Gasteiger partial charge in [0.15, 0.2) is 0 Å². The van der Waals surface area contributed by atoms with Crippen molar-refractivity contribution in [3.8, 4) is 5.75 Å². The number of anilines is 1. The Balaban J connectivity index is 1.86. The molecule has 0 bridgehead atoms. The summed E-state index contributed by atoms with van der Waals surface area (Å²) in [4.78, 5) is 9.82. The average Bonchev–Trinajstić information content (AvgIpc) is 3.44. The number of nitro groups is 1. The summed E-state index contributed by atoms with van der Waals surface area (Å²) in [6.45, 7) is 0. The smallest absolute Gasteiger partial charge is 0.271 e. The molecule has 0 aliphatic heterocycles. The van der Waals surface area contributed by atoms with E-state index in [2.05, 4.69) is 9.44 Å². The van der Waals surface area contributed by atoms with E-state index in [4.69, 9.17) is 4.74 Å². The maximum atomic E-state index is 12.6. The van der Waals surface area contributed by atoms with E-state index in [1.807, 2.05) is 0 Å². The molecule has 1 saturated carbocycles. The highest BCUT2D eigenvalue weighted by Gasteiger charge is 2.28. The minimum atomic E-state index is -4.21. The van der Waals surface area contributed by atoms with Crippen molar-refractivity contribution in [2.45, 2.75) is 28.7 Å². The average molecular weight is 427 g/mol. The number of nitro benzene ring substituents is 1. The SMILES string of the molecule is COc1ccc([N+](=O)[O-])cc1S(=O)(=O)Nc1ccc(S(=O)(=O)NC2CC2)cc1. The first kappa shape index (κ1) is 20.0. The molecule has 1 fully saturated rings. The second-order valence-corrected chi connectivity index (χ2v) is 9.48. The van der Waals surface area contributed by atoms with Gasteiger partial charge in [-0.1, -0.05) is 0 Å². The first-order valence-corrected chi connectivity index (χ1v) is 11.1. The molecule has 0 unspecified atom stereocenters. The van der Waals surface area contributed by atoms with Gasteiger partial charge in [-0.15, -0.1) is 0 Å². The van der Waals surface area contributed by atoms with Crippen molar-refractivity contribution in [1.82, 2.24) is 4.72 Å². The number of benzene rings is 2. The van der Waals surface area contributed by atoms with Gasteiger partial charge in [-0.2, -0.15) is 0 Å². The van der Waals surface area contributed by atoms with Gasteiger partial charge < -0.3 is 4.74 Å². The molecule has 0 aromatic heterocycles. The van der Waals surface area contributed by atoms with Crippen LogP contribution in [0.3, 0.4) is 0 Å². The van der Waals surface area contributed by atoms with Crippen LogP contribution in [0.2, 0.25) is 0 Å². The molecule has 0 radical (unpaired) electrons. The quantitative estimate of drug-likeness (QED) is 0.483. The predicted molar refractivity (Wildman–Crippen MR) is 100 cm³/mol. The second kappa shape index (κ2) is 7.37. The molecule has 0 saturated heterocycles. The molecule has 0 spiro atoms. The van der Waals surface area contributed by atoms with Crippen molar-refractivity contribution in [3.05, 3.63) is 52.6 Å². The molecule has 10 nitrogen and oxygen atoms in total. The van der Waals surface area contributed by atoms with E-state index >= 15 is 0 Å². The molecular formula is C16H17N3O7S2. The Labute approximate surface area is 161 Å². The zero-order chi connectivity index (χ0) is 20.5. The highest BCUT2D eigenvalue weighted by atomic mass is 32.2. The van der Waals surface area contributed by atoms with Gasteiger partial charge in [0.2, 0.25) is 10.0 Å². The number of nitrogens with one attached hydrogen (secondary N) is 2. The summed E-state index contributed by atoms with van der Waals surface area (Å²) in [5.74, 6) is -0.0640. The molecule has 2 aromatic rings. The van der Waals surface area contributed by atoms with Crippen molar-refractivity contribution in [2.75, 3.05) is 11.8 Å². The van der Waals surface area contributed by atoms with Crippen LogP contribution in [0.1, 0.15) is 12.8 Å². The maximum absolute atomic E-state index is 12.6. The van der Waals surface area contributed by atoms with Crippen LogP contribution in [0.4, 0.5) is 11.4 Å². The Morgan fingerprint density at radius 2 is 1.68 bits per heavy atom. The van der Waals surface area contributed by atoms with Crippen LogP contribution in [0.15, 0.2) is 52.3 Å². The number of hydrogen-bond acceptors (Lipinski definition) is 7. The van der Waals surface area contributed by atoms with Crippen LogP contribution in [-0.4, -0.2) is 34.9 Å². The number of non-ortho nitro benzene ring substituents is 1. The summed E-state index contributed by atoms with van der Waals surface area (Å²) >= 11 is 0. The van der Waals surface area contributed by atoms with E-state index in [0.717, 1.165) is 25.0 Å². The summed E-state index contributed by atoms with van der Waals surface area (Å²) in [5, 5.41) is 10.9. The van der Waals surface area contributed by atoms with Crippen LogP contribution >= 0.6 is 0 Å². The molecule has 0 amide bonds. The summed E-state index contributed by atoms with van der Waals surface area (Å²) in [6.07, 6.45) is 1.59. The van der Waals surface area contributed by atoms with Gasteiger partial charge in [0, 0.05) is 23.9 Å². The monoisotopic (exact) mass is 427 g/mol. The van der Waals surface area contributed by atoms with E-state index in [1.165, 1.54) is 37.4 Å². The molecular weight excluding hydrogens is 410 g/mol. The Hall–Kier alpha value is -2.70. The first-order valence-electron chi connectivity index (χ1n) is 8.10. The summed E-state index contributed by atoms with van der Waals surface area (Å²) in [6, 6.07) is 8.28. The van der Waals surface area contributed by atoms with E-state index in [-0.39, 0.29) is 22.4 Å². The fourth-order valence-electron chi connectivity index (χ4n) is 2.39. The van der Waals surface area contributed by atoms with Crippen LogP contribution in [0.5, 0.6) is 5.75 Å². The van der Waals surface area contributed by atoms with E-state index in [1.54, 1.807) is 0 Å². The minimum absolute atomic E-state index is 0.00952. The molecule has 1 aliphatic rings. The lowest BCUT2D eigenvalue weighted by molar-refractivity contribution is -0.385. The zero-order valence-electron chi connectivity index (χ0n) is 14.7. The van der Waals surface area contributed by atoms with Gasteiger partial charge in [0.25, 0.3) is 15.7 Å². The third-order valence-corrected chi connectivity index (χ3v) is 6.90. The first-order chi connectivity index (χ1) is 13.1. The topological polar surface area (TPSA) is 145 Å². The minimum Gasteiger partial charge on any atom is -0.495 e. The predicted octanol–water partition coefficient (Wildman–Crippen LogP) is 1.84. The molecule has 2 aromatic carbocycles. The highest BCUT2D eigenvalue weighted by Crippen LogP contribution is 2.30. The maximum Gasteiger partial charge on any atom is 0.271 e. The van der Waals surface area contributed by atoms with Crippen LogP contribution in [-0.2, 0) is 20.0 Å². The Morgan fingerprint density at radius 3 is 2.21 bits per heavy atom. The number of hydrogen-bond donors (Lipinski definition) is 2. The third kappa shape index (κ3) is 4.40. The lowest BCUT2D eigenvalue weighted by atomic mass is 10.3. The second-order valence-electron chi connectivity index (χ2n) is 6.12.